The molecule has 5 aromatic rings. The van der Waals surface area contributed by atoms with Gasteiger partial charge in [0.1, 0.15) is 21.5 Å². The van der Waals surface area contributed by atoms with E-state index in [1.54, 1.807) is 41.4 Å². The van der Waals surface area contributed by atoms with Crippen molar-refractivity contribution in [1.82, 2.24) is 4.98 Å². The van der Waals surface area contributed by atoms with Crippen LogP contribution < -0.4 is 19.8 Å². The maximum atomic E-state index is 14.3. The summed E-state index contributed by atoms with van der Waals surface area (Å²) >= 11 is 1.24. The first kappa shape index (κ1) is 34.0. The van der Waals surface area contributed by atoms with Gasteiger partial charge in [-0.05, 0) is 91.9 Å². The Labute approximate surface area is 305 Å². The number of sulfonamides is 1. The quantitative estimate of drug-likeness (QED) is 0.182. The van der Waals surface area contributed by atoms with Crippen molar-refractivity contribution in [3.63, 3.8) is 0 Å². The number of thiophene rings is 1. The molecule has 8 rings (SSSR count). The summed E-state index contributed by atoms with van der Waals surface area (Å²) in [6.45, 7) is 5.52. The molecule has 3 aliphatic heterocycles. The highest BCUT2D eigenvalue weighted by molar-refractivity contribution is 7.93. The van der Waals surface area contributed by atoms with Crippen molar-refractivity contribution >= 4 is 55.4 Å². The van der Waals surface area contributed by atoms with E-state index in [9.17, 15) is 22.4 Å². The Kier molecular flexibility index (Phi) is 8.80. The molecule has 0 aliphatic carbocycles. The third-order valence-corrected chi connectivity index (χ3v) is 12.7. The van der Waals surface area contributed by atoms with E-state index in [0.29, 0.717) is 46.3 Å². The number of para-hydroxylation sites is 1. The van der Waals surface area contributed by atoms with Crippen LogP contribution in [0.4, 0.5) is 26.6 Å². The molecule has 0 bridgehead atoms. The summed E-state index contributed by atoms with van der Waals surface area (Å²) in [7, 11) is -4.14. The molecule has 2 N–H and O–H groups in total. The predicted octanol–water partition coefficient (Wildman–Crippen LogP) is 7.13. The van der Waals surface area contributed by atoms with Gasteiger partial charge in [-0.25, -0.2) is 17.8 Å². The summed E-state index contributed by atoms with van der Waals surface area (Å²) in [6, 6.07) is 23.2. The molecule has 0 radical (unpaired) electrons. The van der Waals surface area contributed by atoms with Crippen LogP contribution in [0.2, 0.25) is 0 Å². The number of amides is 2. The van der Waals surface area contributed by atoms with Gasteiger partial charge in [0.15, 0.2) is 0 Å². The monoisotopic (exact) mass is 737 g/mol. The Morgan fingerprint density at radius 1 is 0.962 bits per heavy atom. The fourth-order valence-electron chi connectivity index (χ4n) is 7.27. The zero-order chi connectivity index (χ0) is 36.0. The number of carbonyl (C=O) groups excluding carboxylic acids is 2. The van der Waals surface area contributed by atoms with Gasteiger partial charge < -0.3 is 19.9 Å². The Hall–Kier alpha value is -5.11. The molecule has 13 heteroatoms. The molecule has 2 aromatic heterocycles. The molecule has 3 aliphatic rings. The molecule has 52 heavy (non-hydrogen) atoms. The highest BCUT2D eigenvalue weighted by atomic mass is 32.2. The van der Waals surface area contributed by atoms with Gasteiger partial charge in [0.25, 0.3) is 21.8 Å². The number of fused-ring (bicyclic) bond motifs is 3. The van der Waals surface area contributed by atoms with Gasteiger partial charge in [-0.3, -0.25) is 14.3 Å². The smallest absolute Gasteiger partial charge is 0.265 e. The number of anilines is 4. The van der Waals surface area contributed by atoms with Crippen molar-refractivity contribution < 1.29 is 27.1 Å². The molecular formula is C39H36FN5O5S2. The average molecular weight is 738 g/mol. The van der Waals surface area contributed by atoms with Gasteiger partial charge in [-0.2, -0.15) is 0 Å². The first-order valence-corrected chi connectivity index (χ1v) is 19.4. The Bertz CT molecular complexity index is 2300. The summed E-state index contributed by atoms with van der Waals surface area (Å²) in [4.78, 5) is 36.5. The van der Waals surface area contributed by atoms with Crippen LogP contribution in [0.25, 0.3) is 10.4 Å². The van der Waals surface area contributed by atoms with Crippen molar-refractivity contribution in [3.8, 4) is 10.4 Å². The topological polar surface area (TPSA) is 121 Å². The lowest BCUT2D eigenvalue weighted by Gasteiger charge is -2.53. The molecule has 5 heterocycles. The Morgan fingerprint density at radius 3 is 2.46 bits per heavy atom. The third kappa shape index (κ3) is 6.44. The summed E-state index contributed by atoms with van der Waals surface area (Å²) < 4.78 is 48.4. The van der Waals surface area contributed by atoms with E-state index in [2.05, 4.69) is 19.9 Å². The zero-order valence-electron chi connectivity index (χ0n) is 28.4. The number of carbonyl (C=O) groups is 2. The van der Waals surface area contributed by atoms with Crippen molar-refractivity contribution in [3.05, 3.63) is 119 Å². The maximum Gasteiger partial charge on any atom is 0.265 e. The van der Waals surface area contributed by atoms with E-state index >= 15 is 0 Å². The molecule has 3 aromatic carbocycles. The molecule has 1 spiro atoms. The van der Waals surface area contributed by atoms with E-state index in [1.807, 2.05) is 37.3 Å². The van der Waals surface area contributed by atoms with Crippen molar-refractivity contribution in [1.29, 1.82) is 0 Å². The van der Waals surface area contributed by atoms with Gasteiger partial charge in [0.05, 0.1) is 11.3 Å². The fourth-order valence-corrected chi connectivity index (χ4v) is 9.78. The van der Waals surface area contributed by atoms with Crippen LogP contribution in [0.3, 0.4) is 0 Å². The van der Waals surface area contributed by atoms with Gasteiger partial charge in [0, 0.05) is 66.2 Å². The molecule has 0 atom stereocenters. The van der Waals surface area contributed by atoms with Gasteiger partial charge in [-0.1, -0.05) is 30.3 Å². The zero-order valence-corrected chi connectivity index (χ0v) is 30.0. The standard InChI is InChI=1S/C39H36FN5O5S2/c1-25-20-30(36(41-22-25)44-23-39(24-44)15-18-50-19-16-39)37(46)42-28-12-10-26(11-13-28)38(47)45-17-14-27-21-34(51-35(27)29-6-2-4-8-32(29)45)43-52(48,49)33-9-5-3-7-31(33)40/h2-13,20-22,43H,14-19,23-24H2,1H3,(H,42,46). The van der Waals surface area contributed by atoms with Crippen LogP contribution in [0.1, 0.15) is 44.7 Å². The molecule has 2 amide bonds. The minimum Gasteiger partial charge on any atom is -0.381 e. The summed E-state index contributed by atoms with van der Waals surface area (Å²) in [5.74, 6) is -0.617. The SMILES string of the molecule is Cc1cnc(N2CC3(CCOCC3)C2)c(C(=O)Nc2ccc(C(=O)N3CCc4cc(NS(=O)(=O)c5ccccc5F)sc4-c4ccccc43)cc2)c1. The van der Waals surface area contributed by atoms with Gasteiger partial charge >= 0.3 is 0 Å². The highest BCUT2D eigenvalue weighted by Gasteiger charge is 2.45. The number of halogens is 1. The third-order valence-electron chi connectivity index (χ3n) is 10.0. The molecule has 0 saturated carbocycles. The number of hydrogen-bond acceptors (Lipinski definition) is 8. The molecule has 266 valence electrons. The first-order chi connectivity index (χ1) is 25.1. The van der Waals surface area contributed by atoms with Crippen LogP contribution in [0, 0.1) is 18.2 Å². The Balaban J connectivity index is 0.980. The van der Waals surface area contributed by atoms with Crippen LogP contribution in [0.5, 0.6) is 0 Å². The number of nitrogens with one attached hydrogen (secondary N) is 2. The van der Waals surface area contributed by atoms with E-state index in [-0.39, 0.29) is 17.2 Å². The number of aromatic nitrogens is 1. The number of ether oxygens (including phenoxy) is 1. The van der Waals surface area contributed by atoms with Crippen LogP contribution in [-0.2, 0) is 21.2 Å². The van der Waals surface area contributed by atoms with Crippen molar-refractivity contribution in [2.24, 2.45) is 5.41 Å². The number of nitrogens with zero attached hydrogens (tertiary/aromatic N) is 3. The lowest BCUT2D eigenvalue weighted by molar-refractivity contribution is -0.000510. The second kappa shape index (κ2) is 13.5. The summed E-state index contributed by atoms with van der Waals surface area (Å²) in [6.07, 6.45) is 4.29. The highest BCUT2D eigenvalue weighted by Crippen LogP contribution is 2.45. The van der Waals surface area contributed by atoms with Crippen LogP contribution in [0.15, 0.2) is 96.0 Å². The first-order valence-electron chi connectivity index (χ1n) is 17.1. The van der Waals surface area contributed by atoms with E-state index < -0.39 is 20.7 Å². The molecule has 2 saturated heterocycles. The van der Waals surface area contributed by atoms with E-state index in [0.717, 1.165) is 66.8 Å². The van der Waals surface area contributed by atoms with Crippen LogP contribution in [-0.4, -0.2) is 58.1 Å². The fraction of sp³-hybridized carbons (Fsp3) is 0.256. The summed E-state index contributed by atoms with van der Waals surface area (Å²) in [5.41, 5.74) is 5.02. The molecule has 2 fully saturated rings. The second-order valence-corrected chi connectivity index (χ2v) is 16.3. The molecular weight excluding hydrogens is 702 g/mol. The van der Waals surface area contributed by atoms with E-state index in [4.69, 9.17) is 4.74 Å². The summed E-state index contributed by atoms with van der Waals surface area (Å²) in [5, 5.41) is 3.36. The maximum absolute atomic E-state index is 14.3. The number of pyridine rings is 1. The van der Waals surface area contributed by atoms with Crippen molar-refractivity contribution in [2.75, 3.05) is 52.7 Å². The largest absolute Gasteiger partial charge is 0.381 e. The van der Waals surface area contributed by atoms with E-state index in [1.165, 1.54) is 29.5 Å². The molecule has 10 nitrogen and oxygen atoms in total. The minimum atomic E-state index is -4.14. The normalized spacial score (nSPS) is 16.3. The van der Waals surface area contributed by atoms with Crippen LogP contribution >= 0.6 is 11.3 Å². The Morgan fingerprint density at radius 2 is 1.69 bits per heavy atom. The molecule has 0 unspecified atom stereocenters. The second-order valence-electron chi connectivity index (χ2n) is 13.6. The van der Waals surface area contributed by atoms with Crippen molar-refractivity contribution in [2.45, 2.75) is 31.1 Å². The number of hydrogen-bond donors (Lipinski definition) is 2. The number of rotatable bonds is 7. The number of aryl methyl sites for hydroxylation is 1. The lowest BCUT2D eigenvalue weighted by atomic mass is 9.73. The van der Waals surface area contributed by atoms with Gasteiger partial charge in [0.2, 0.25) is 0 Å². The average Bonchev–Trinajstić information content (AvgIpc) is 3.46. The number of benzene rings is 3. The van der Waals surface area contributed by atoms with Gasteiger partial charge in [-0.15, -0.1) is 11.3 Å². The minimum absolute atomic E-state index is 0.203. The predicted molar refractivity (Wildman–Crippen MR) is 200 cm³/mol. The lowest BCUT2D eigenvalue weighted by Crippen LogP contribution is -2.59.